The number of aryl methyl sites for hydroxylation is 1. The minimum atomic E-state index is 0.0301. The molecule has 6 heteroatoms. The monoisotopic (exact) mass is 293 g/mol. The number of morpholine rings is 1. The number of hydrogen-bond donors (Lipinski definition) is 1. The molecule has 116 valence electrons. The van der Waals surface area contributed by atoms with E-state index in [-0.39, 0.29) is 5.91 Å². The molecule has 21 heavy (non-hydrogen) atoms. The first-order valence-corrected chi connectivity index (χ1v) is 7.47. The maximum atomic E-state index is 11.7. The second-order valence-corrected chi connectivity index (χ2v) is 5.15. The normalized spacial score (nSPS) is 15.8. The van der Waals surface area contributed by atoms with Crippen molar-refractivity contribution in [1.82, 2.24) is 14.8 Å². The summed E-state index contributed by atoms with van der Waals surface area (Å²) in [5.74, 6) is 0.0301. The van der Waals surface area contributed by atoms with E-state index in [4.69, 9.17) is 4.74 Å². The average molecular weight is 293 g/mol. The molecule has 2 rings (SSSR count). The summed E-state index contributed by atoms with van der Waals surface area (Å²) in [5, 5.41) is 2.92. The van der Waals surface area contributed by atoms with Gasteiger partial charge in [0.2, 0.25) is 5.91 Å². The summed E-state index contributed by atoms with van der Waals surface area (Å²) in [5.41, 5.74) is 0.607. The first-order valence-electron chi connectivity index (χ1n) is 7.47. The number of nitrogens with zero attached hydrogens (tertiary/aromatic N) is 2. The van der Waals surface area contributed by atoms with E-state index in [9.17, 15) is 9.59 Å². The van der Waals surface area contributed by atoms with Crippen LogP contribution in [0.5, 0.6) is 0 Å². The van der Waals surface area contributed by atoms with Crippen molar-refractivity contribution >= 4 is 12.2 Å². The van der Waals surface area contributed by atoms with Gasteiger partial charge in [-0.3, -0.25) is 14.5 Å². The summed E-state index contributed by atoms with van der Waals surface area (Å²) in [6, 6.07) is 3.55. The number of hydrogen-bond acceptors (Lipinski definition) is 4. The van der Waals surface area contributed by atoms with Crippen molar-refractivity contribution in [3.05, 3.63) is 24.0 Å². The summed E-state index contributed by atoms with van der Waals surface area (Å²) in [7, 11) is 0. The second-order valence-electron chi connectivity index (χ2n) is 5.15. The molecule has 0 atom stereocenters. The van der Waals surface area contributed by atoms with E-state index < -0.39 is 0 Å². The SMILES string of the molecule is O=Cc1cccn1CCC(=O)NCCCN1CCOCC1. The summed E-state index contributed by atoms with van der Waals surface area (Å²) in [6.07, 6.45) is 3.97. The molecule has 1 aromatic rings. The van der Waals surface area contributed by atoms with Gasteiger partial charge in [0.25, 0.3) is 0 Å². The van der Waals surface area contributed by atoms with Gasteiger partial charge in [0, 0.05) is 38.8 Å². The highest BCUT2D eigenvalue weighted by Crippen LogP contribution is 2.01. The molecule has 1 aliphatic heterocycles. The van der Waals surface area contributed by atoms with Crippen molar-refractivity contribution < 1.29 is 14.3 Å². The van der Waals surface area contributed by atoms with Crippen LogP contribution in [0.25, 0.3) is 0 Å². The van der Waals surface area contributed by atoms with E-state index in [2.05, 4.69) is 10.2 Å². The molecule has 6 nitrogen and oxygen atoms in total. The van der Waals surface area contributed by atoms with Crippen molar-refractivity contribution in [2.24, 2.45) is 0 Å². The maximum Gasteiger partial charge on any atom is 0.221 e. The Morgan fingerprint density at radius 1 is 1.33 bits per heavy atom. The minimum Gasteiger partial charge on any atom is -0.379 e. The topological polar surface area (TPSA) is 63.6 Å². The van der Waals surface area contributed by atoms with E-state index in [1.165, 1.54) is 0 Å². The molecule has 0 radical (unpaired) electrons. The Bertz CT molecular complexity index is 453. The third-order valence-corrected chi connectivity index (χ3v) is 3.64. The zero-order valence-electron chi connectivity index (χ0n) is 12.3. The van der Waals surface area contributed by atoms with E-state index in [0.717, 1.165) is 45.6 Å². The van der Waals surface area contributed by atoms with Gasteiger partial charge in [0.15, 0.2) is 6.29 Å². The van der Waals surface area contributed by atoms with Gasteiger partial charge in [0.1, 0.15) is 0 Å². The van der Waals surface area contributed by atoms with Crippen LogP contribution < -0.4 is 5.32 Å². The van der Waals surface area contributed by atoms with E-state index >= 15 is 0 Å². The molecule has 1 amide bonds. The molecule has 0 bridgehead atoms. The quantitative estimate of drug-likeness (QED) is 0.561. The summed E-state index contributed by atoms with van der Waals surface area (Å²) >= 11 is 0. The molecule has 0 unspecified atom stereocenters. The van der Waals surface area contributed by atoms with Gasteiger partial charge in [-0.05, 0) is 25.1 Å². The highest BCUT2D eigenvalue weighted by atomic mass is 16.5. The van der Waals surface area contributed by atoms with Crippen LogP contribution in [-0.4, -0.2) is 61.1 Å². The van der Waals surface area contributed by atoms with E-state index in [1.54, 1.807) is 10.6 Å². The number of ether oxygens (including phenoxy) is 1. The van der Waals surface area contributed by atoms with E-state index in [1.807, 2.05) is 12.3 Å². The number of aromatic nitrogens is 1. The van der Waals surface area contributed by atoms with Crippen LogP contribution in [0.4, 0.5) is 0 Å². The second kappa shape index (κ2) is 8.59. The number of nitrogens with one attached hydrogen (secondary N) is 1. The fraction of sp³-hybridized carbons (Fsp3) is 0.600. The smallest absolute Gasteiger partial charge is 0.221 e. The Labute approximate surface area is 125 Å². The molecule has 1 N–H and O–H groups in total. The van der Waals surface area contributed by atoms with Crippen molar-refractivity contribution in [2.75, 3.05) is 39.4 Å². The van der Waals surface area contributed by atoms with Crippen LogP contribution in [0.15, 0.2) is 18.3 Å². The highest BCUT2D eigenvalue weighted by Gasteiger charge is 2.09. The Hall–Kier alpha value is -1.66. The molecule has 1 fully saturated rings. The predicted molar refractivity (Wildman–Crippen MR) is 79.3 cm³/mol. The lowest BCUT2D eigenvalue weighted by atomic mass is 10.3. The Morgan fingerprint density at radius 2 is 2.14 bits per heavy atom. The van der Waals surface area contributed by atoms with Gasteiger partial charge in [0.05, 0.1) is 18.9 Å². The first-order chi connectivity index (χ1) is 10.3. The number of carbonyl (C=O) groups is 2. The van der Waals surface area contributed by atoms with Crippen molar-refractivity contribution in [1.29, 1.82) is 0 Å². The molecule has 0 saturated carbocycles. The lowest BCUT2D eigenvalue weighted by Gasteiger charge is -2.26. The molecule has 1 aromatic heterocycles. The molecule has 0 spiro atoms. The lowest BCUT2D eigenvalue weighted by Crippen LogP contribution is -2.38. The van der Waals surface area contributed by atoms with Gasteiger partial charge < -0.3 is 14.6 Å². The van der Waals surface area contributed by atoms with E-state index in [0.29, 0.717) is 25.2 Å². The van der Waals surface area contributed by atoms with Gasteiger partial charge in [-0.15, -0.1) is 0 Å². The zero-order chi connectivity index (χ0) is 14.9. The molecular weight excluding hydrogens is 270 g/mol. The fourth-order valence-electron chi connectivity index (χ4n) is 2.40. The van der Waals surface area contributed by atoms with Crippen molar-refractivity contribution in [3.8, 4) is 0 Å². The van der Waals surface area contributed by atoms with Crippen molar-refractivity contribution in [2.45, 2.75) is 19.4 Å². The molecule has 2 heterocycles. The summed E-state index contributed by atoms with van der Waals surface area (Å²) in [4.78, 5) is 24.9. The molecule has 0 aromatic carbocycles. The largest absolute Gasteiger partial charge is 0.379 e. The fourth-order valence-corrected chi connectivity index (χ4v) is 2.40. The standard InChI is InChI=1S/C15H23N3O3/c19-13-14-3-1-7-18(14)8-4-15(20)16-5-2-6-17-9-11-21-12-10-17/h1,3,7,13H,2,4-6,8-12H2,(H,16,20). The number of aldehydes is 1. The van der Waals surface area contributed by atoms with Gasteiger partial charge in [-0.25, -0.2) is 0 Å². The molecule has 0 aliphatic carbocycles. The first kappa shape index (κ1) is 15.7. The molecule has 1 aliphatic rings. The minimum absolute atomic E-state index is 0.0301. The number of amides is 1. The lowest BCUT2D eigenvalue weighted by molar-refractivity contribution is -0.121. The number of carbonyl (C=O) groups excluding carboxylic acids is 2. The summed E-state index contributed by atoms with van der Waals surface area (Å²) in [6.45, 7) is 5.81. The van der Waals surface area contributed by atoms with Gasteiger partial charge >= 0.3 is 0 Å². The average Bonchev–Trinajstić information content (AvgIpc) is 2.98. The van der Waals surface area contributed by atoms with Crippen molar-refractivity contribution in [3.63, 3.8) is 0 Å². The van der Waals surface area contributed by atoms with Crippen LogP contribution in [0.3, 0.4) is 0 Å². The highest BCUT2D eigenvalue weighted by molar-refractivity contribution is 5.76. The van der Waals surface area contributed by atoms with Crippen LogP contribution >= 0.6 is 0 Å². The van der Waals surface area contributed by atoms with Gasteiger partial charge in [-0.2, -0.15) is 0 Å². The van der Waals surface area contributed by atoms with Gasteiger partial charge in [-0.1, -0.05) is 0 Å². The molecule has 1 saturated heterocycles. The third-order valence-electron chi connectivity index (χ3n) is 3.64. The third kappa shape index (κ3) is 5.32. The maximum absolute atomic E-state index is 11.7. The summed E-state index contributed by atoms with van der Waals surface area (Å²) < 4.78 is 7.08. The van der Waals surface area contributed by atoms with Crippen LogP contribution in [0, 0.1) is 0 Å². The Kier molecular flexibility index (Phi) is 6.43. The Morgan fingerprint density at radius 3 is 2.90 bits per heavy atom. The number of rotatable bonds is 8. The zero-order valence-corrected chi connectivity index (χ0v) is 12.3. The van der Waals surface area contributed by atoms with Crippen LogP contribution in [0.2, 0.25) is 0 Å². The van der Waals surface area contributed by atoms with Crippen LogP contribution in [0.1, 0.15) is 23.3 Å². The molecular formula is C15H23N3O3. The Balaban J connectivity index is 1.56. The predicted octanol–water partition coefficient (Wildman–Crippen LogP) is 0.529. The van der Waals surface area contributed by atoms with Crippen LogP contribution in [-0.2, 0) is 16.1 Å².